The van der Waals surface area contributed by atoms with Crippen molar-refractivity contribution in [3.05, 3.63) is 70.4 Å². The molecule has 0 saturated heterocycles. The number of aromatic nitrogens is 3. The molecule has 1 aliphatic rings. The maximum Gasteiger partial charge on any atom is 0.261 e. The molecule has 6 nitrogen and oxygen atoms in total. The number of carbonyl (C=O) groups is 1. The third-order valence-electron chi connectivity index (χ3n) is 5.04. The zero-order valence-corrected chi connectivity index (χ0v) is 14.7. The van der Waals surface area contributed by atoms with Crippen molar-refractivity contribution in [2.75, 3.05) is 5.32 Å². The largest absolute Gasteiger partial charge is 0.358 e. The lowest BCUT2D eigenvalue weighted by molar-refractivity contribution is -0.115. The van der Waals surface area contributed by atoms with Crippen LogP contribution in [0.15, 0.2) is 53.3 Å². The van der Waals surface area contributed by atoms with Crippen molar-refractivity contribution in [1.29, 1.82) is 0 Å². The van der Waals surface area contributed by atoms with Gasteiger partial charge >= 0.3 is 0 Å². The quantitative estimate of drug-likeness (QED) is 0.591. The van der Waals surface area contributed by atoms with Crippen molar-refractivity contribution >= 4 is 33.4 Å². The van der Waals surface area contributed by atoms with Crippen molar-refractivity contribution in [3.63, 3.8) is 0 Å². The van der Waals surface area contributed by atoms with Gasteiger partial charge in [-0.3, -0.25) is 14.2 Å². The fourth-order valence-electron chi connectivity index (χ4n) is 3.77. The van der Waals surface area contributed by atoms with Gasteiger partial charge in [-0.15, -0.1) is 0 Å². The Labute approximate surface area is 154 Å². The van der Waals surface area contributed by atoms with Gasteiger partial charge in [0.05, 0.1) is 17.3 Å². The van der Waals surface area contributed by atoms with E-state index in [1.807, 2.05) is 30.3 Å². The SMILES string of the molecule is O=C(Cc1cc2ccccc2[nH]1)Nc1ccc2nc3n(c(=O)c2c1)CCC3. The maximum absolute atomic E-state index is 12.7. The van der Waals surface area contributed by atoms with Crippen molar-refractivity contribution in [2.24, 2.45) is 0 Å². The molecule has 2 aromatic carbocycles. The number of rotatable bonds is 3. The van der Waals surface area contributed by atoms with E-state index in [0.29, 0.717) is 23.1 Å². The first-order valence-corrected chi connectivity index (χ1v) is 9.07. The van der Waals surface area contributed by atoms with Crippen molar-refractivity contribution in [3.8, 4) is 0 Å². The first kappa shape index (κ1) is 15.8. The number of fused-ring (bicyclic) bond motifs is 3. The fraction of sp³-hybridized carbons (Fsp3) is 0.190. The number of benzene rings is 2. The molecule has 1 amide bonds. The van der Waals surface area contributed by atoms with Crippen LogP contribution in [0.4, 0.5) is 5.69 Å². The highest BCUT2D eigenvalue weighted by atomic mass is 16.1. The Hall–Kier alpha value is -3.41. The molecule has 4 aromatic rings. The van der Waals surface area contributed by atoms with E-state index >= 15 is 0 Å². The summed E-state index contributed by atoms with van der Waals surface area (Å²) in [5, 5.41) is 4.51. The summed E-state index contributed by atoms with van der Waals surface area (Å²) in [6.07, 6.45) is 2.04. The van der Waals surface area contributed by atoms with Gasteiger partial charge in [-0.1, -0.05) is 18.2 Å². The minimum absolute atomic E-state index is 0.0285. The zero-order chi connectivity index (χ0) is 18.4. The average Bonchev–Trinajstić information content (AvgIpc) is 3.28. The highest BCUT2D eigenvalue weighted by Crippen LogP contribution is 2.19. The van der Waals surface area contributed by atoms with Crippen LogP contribution in [0.25, 0.3) is 21.8 Å². The zero-order valence-electron chi connectivity index (χ0n) is 14.7. The summed E-state index contributed by atoms with van der Waals surface area (Å²) in [5.41, 5.74) is 3.13. The Balaban J connectivity index is 1.40. The van der Waals surface area contributed by atoms with Crippen LogP contribution in [0.5, 0.6) is 0 Å². The molecule has 2 aromatic heterocycles. The number of anilines is 1. The van der Waals surface area contributed by atoms with Gasteiger partial charge in [0.2, 0.25) is 5.91 Å². The Bertz CT molecular complexity index is 1220. The predicted octanol–water partition coefficient (Wildman–Crippen LogP) is 3.01. The van der Waals surface area contributed by atoms with Gasteiger partial charge < -0.3 is 10.3 Å². The molecular weight excluding hydrogens is 340 g/mol. The summed E-state index contributed by atoms with van der Waals surface area (Å²) in [6, 6.07) is 15.2. The van der Waals surface area contributed by atoms with Crippen molar-refractivity contribution in [2.45, 2.75) is 25.8 Å². The Morgan fingerprint density at radius 3 is 2.96 bits per heavy atom. The molecule has 1 aliphatic heterocycles. The lowest BCUT2D eigenvalue weighted by Crippen LogP contribution is -2.21. The number of nitrogens with one attached hydrogen (secondary N) is 2. The number of hydrogen-bond acceptors (Lipinski definition) is 3. The second-order valence-electron chi connectivity index (χ2n) is 6.93. The predicted molar refractivity (Wildman–Crippen MR) is 105 cm³/mol. The summed E-state index contributed by atoms with van der Waals surface area (Å²) >= 11 is 0. The molecule has 27 heavy (non-hydrogen) atoms. The van der Waals surface area contributed by atoms with Gasteiger partial charge in [-0.2, -0.15) is 0 Å². The van der Waals surface area contributed by atoms with Gasteiger partial charge in [-0.25, -0.2) is 4.98 Å². The third-order valence-corrected chi connectivity index (χ3v) is 5.04. The van der Waals surface area contributed by atoms with E-state index in [2.05, 4.69) is 15.3 Å². The normalized spacial score (nSPS) is 13.2. The van der Waals surface area contributed by atoms with Crippen LogP contribution < -0.4 is 10.9 Å². The van der Waals surface area contributed by atoms with E-state index in [4.69, 9.17) is 0 Å². The number of H-pyrrole nitrogens is 1. The van der Waals surface area contributed by atoms with Gasteiger partial charge in [0.15, 0.2) is 0 Å². The Kier molecular flexibility index (Phi) is 3.57. The molecule has 6 heteroatoms. The minimum atomic E-state index is -0.130. The second-order valence-corrected chi connectivity index (χ2v) is 6.93. The molecule has 3 heterocycles. The summed E-state index contributed by atoms with van der Waals surface area (Å²) in [5.74, 6) is 0.721. The van der Waals surface area contributed by atoms with Crippen LogP contribution in [0.1, 0.15) is 17.9 Å². The molecule has 0 aliphatic carbocycles. The molecule has 0 bridgehead atoms. The first-order valence-electron chi connectivity index (χ1n) is 9.07. The van der Waals surface area contributed by atoms with Crippen molar-refractivity contribution < 1.29 is 4.79 Å². The van der Waals surface area contributed by atoms with E-state index in [-0.39, 0.29) is 17.9 Å². The van der Waals surface area contributed by atoms with E-state index in [9.17, 15) is 9.59 Å². The summed E-state index contributed by atoms with van der Waals surface area (Å²) in [6.45, 7) is 0.716. The number of aromatic amines is 1. The fourth-order valence-corrected chi connectivity index (χ4v) is 3.77. The molecule has 0 spiro atoms. The number of amides is 1. The molecule has 0 fully saturated rings. The lowest BCUT2D eigenvalue weighted by atomic mass is 10.2. The molecular formula is C21H18N4O2. The highest BCUT2D eigenvalue weighted by molar-refractivity contribution is 5.95. The van der Waals surface area contributed by atoms with E-state index < -0.39 is 0 Å². The molecule has 5 rings (SSSR count). The van der Waals surface area contributed by atoms with Crippen LogP contribution >= 0.6 is 0 Å². The van der Waals surface area contributed by atoms with Crippen LogP contribution in [-0.2, 0) is 24.2 Å². The lowest BCUT2D eigenvalue weighted by Gasteiger charge is -2.08. The summed E-state index contributed by atoms with van der Waals surface area (Å²) in [7, 11) is 0. The molecule has 0 atom stereocenters. The molecule has 0 radical (unpaired) electrons. The van der Waals surface area contributed by atoms with E-state index in [1.165, 1.54) is 0 Å². The van der Waals surface area contributed by atoms with Crippen LogP contribution in [0.2, 0.25) is 0 Å². The second kappa shape index (κ2) is 6.09. The summed E-state index contributed by atoms with van der Waals surface area (Å²) < 4.78 is 1.73. The molecule has 134 valence electrons. The van der Waals surface area contributed by atoms with Crippen LogP contribution in [0.3, 0.4) is 0 Å². The third kappa shape index (κ3) is 2.79. The summed E-state index contributed by atoms with van der Waals surface area (Å²) in [4.78, 5) is 32.9. The topological polar surface area (TPSA) is 79.8 Å². The highest BCUT2D eigenvalue weighted by Gasteiger charge is 2.16. The van der Waals surface area contributed by atoms with Crippen molar-refractivity contribution in [1.82, 2.24) is 14.5 Å². The Morgan fingerprint density at radius 1 is 1.19 bits per heavy atom. The standard InChI is InChI=1S/C21H18N4O2/c26-20(12-15-10-13-4-1-2-5-17(13)22-15)23-14-7-8-18-16(11-14)21(27)25-9-3-6-19(25)24-18/h1-2,4-5,7-8,10-11,22H,3,6,9,12H2,(H,23,26). The number of para-hydroxylation sites is 1. The van der Waals surface area contributed by atoms with Crippen LogP contribution in [-0.4, -0.2) is 20.4 Å². The van der Waals surface area contributed by atoms with Gasteiger partial charge in [-0.05, 0) is 42.1 Å². The van der Waals surface area contributed by atoms with Gasteiger partial charge in [0.1, 0.15) is 5.82 Å². The monoisotopic (exact) mass is 358 g/mol. The number of nitrogens with zero attached hydrogens (tertiary/aromatic N) is 2. The smallest absolute Gasteiger partial charge is 0.261 e. The number of aryl methyl sites for hydroxylation is 1. The number of carbonyl (C=O) groups excluding carboxylic acids is 1. The van der Waals surface area contributed by atoms with Gasteiger partial charge in [0, 0.05) is 29.9 Å². The van der Waals surface area contributed by atoms with Gasteiger partial charge in [0.25, 0.3) is 5.56 Å². The van der Waals surface area contributed by atoms with Crippen LogP contribution in [0, 0.1) is 0 Å². The molecule has 0 saturated carbocycles. The molecule has 2 N–H and O–H groups in total. The first-order chi connectivity index (χ1) is 13.2. The van der Waals surface area contributed by atoms with E-state index in [1.54, 1.807) is 22.8 Å². The Morgan fingerprint density at radius 2 is 2.07 bits per heavy atom. The molecule has 0 unspecified atom stereocenters. The minimum Gasteiger partial charge on any atom is -0.358 e. The number of hydrogen-bond donors (Lipinski definition) is 2. The average molecular weight is 358 g/mol. The van der Waals surface area contributed by atoms with E-state index in [0.717, 1.165) is 35.3 Å². The maximum atomic E-state index is 12.7.